The van der Waals surface area contributed by atoms with Crippen LogP contribution in [0.2, 0.25) is 0 Å². The van der Waals surface area contributed by atoms with Gasteiger partial charge in [-0.05, 0) is 19.3 Å². The third-order valence-corrected chi connectivity index (χ3v) is 4.79. The minimum Gasteiger partial charge on any atom is -0.449 e. The van der Waals surface area contributed by atoms with E-state index in [2.05, 4.69) is 20.8 Å². The highest BCUT2D eigenvalue weighted by atomic mass is 16.6. The summed E-state index contributed by atoms with van der Waals surface area (Å²) in [6.45, 7) is 8.98. The van der Waals surface area contributed by atoms with E-state index in [9.17, 15) is 4.79 Å². The van der Waals surface area contributed by atoms with Gasteiger partial charge in [0.1, 0.15) is 0 Å². The molecule has 0 heterocycles. The maximum atomic E-state index is 12.3. The van der Waals surface area contributed by atoms with Crippen molar-refractivity contribution in [2.45, 2.75) is 117 Å². The van der Waals surface area contributed by atoms with Gasteiger partial charge in [-0.1, -0.05) is 97.8 Å². The first-order valence-electron chi connectivity index (χ1n) is 11.2. The van der Waals surface area contributed by atoms with Crippen LogP contribution in [0.3, 0.4) is 0 Å². The second-order valence-electron chi connectivity index (χ2n) is 7.34. The van der Waals surface area contributed by atoms with Gasteiger partial charge in [0.05, 0.1) is 6.61 Å². The predicted molar refractivity (Wildman–Crippen MR) is 109 cm³/mol. The number of hydrogen-bond acceptors (Lipinski definition) is 2. The van der Waals surface area contributed by atoms with Crippen molar-refractivity contribution in [1.82, 2.24) is 4.90 Å². The molecule has 0 N–H and O–H groups in total. The van der Waals surface area contributed by atoms with Crippen molar-refractivity contribution in [1.29, 1.82) is 0 Å². The Morgan fingerprint density at radius 3 is 1.48 bits per heavy atom. The Bertz CT molecular complexity index is 265. The molecule has 25 heavy (non-hydrogen) atoms. The van der Waals surface area contributed by atoms with Gasteiger partial charge in [-0.15, -0.1) is 0 Å². The van der Waals surface area contributed by atoms with Crippen LogP contribution >= 0.6 is 0 Å². The number of rotatable bonds is 18. The molecule has 0 saturated heterocycles. The summed E-state index contributed by atoms with van der Waals surface area (Å²) in [5.74, 6) is 0. The van der Waals surface area contributed by atoms with E-state index >= 15 is 0 Å². The monoisotopic (exact) mass is 355 g/mol. The molecule has 0 aliphatic heterocycles. The molecule has 0 aromatic carbocycles. The van der Waals surface area contributed by atoms with Gasteiger partial charge in [0.2, 0.25) is 0 Å². The molecule has 3 nitrogen and oxygen atoms in total. The number of nitrogens with zero attached hydrogens (tertiary/aromatic N) is 1. The normalized spacial score (nSPS) is 10.8. The zero-order valence-corrected chi connectivity index (χ0v) is 17.5. The molecule has 1 amide bonds. The van der Waals surface area contributed by atoms with E-state index in [0.29, 0.717) is 6.61 Å². The highest BCUT2D eigenvalue weighted by Gasteiger charge is 2.14. The van der Waals surface area contributed by atoms with Crippen LogP contribution in [-0.2, 0) is 4.74 Å². The van der Waals surface area contributed by atoms with Crippen LogP contribution in [0.25, 0.3) is 0 Å². The smallest absolute Gasteiger partial charge is 0.409 e. The van der Waals surface area contributed by atoms with E-state index in [1.54, 1.807) is 0 Å². The number of ether oxygens (including phenoxy) is 1. The Hall–Kier alpha value is -0.730. The molecule has 0 fully saturated rings. The molecular weight excluding hydrogens is 310 g/mol. The Balaban J connectivity index is 4.00. The predicted octanol–water partition coefficient (Wildman–Crippen LogP) is 7.34. The average Bonchev–Trinajstić information content (AvgIpc) is 2.62. The second kappa shape index (κ2) is 19.6. The highest BCUT2D eigenvalue weighted by molar-refractivity contribution is 5.67. The van der Waals surface area contributed by atoms with E-state index in [1.807, 2.05) is 4.90 Å². The number of unbranched alkanes of at least 4 members (excludes halogenated alkanes) is 12. The van der Waals surface area contributed by atoms with Crippen LogP contribution in [0.5, 0.6) is 0 Å². The van der Waals surface area contributed by atoms with Crippen molar-refractivity contribution in [3.8, 4) is 0 Å². The molecular formula is C22H45NO2. The number of carbonyl (C=O) groups excluding carboxylic acids is 1. The first kappa shape index (κ1) is 24.3. The van der Waals surface area contributed by atoms with Crippen molar-refractivity contribution >= 4 is 6.09 Å². The number of carbonyl (C=O) groups is 1. The van der Waals surface area contributed by atoms with Gasteiger partial charge in [-0.2, -0.15) is 0 Å². The Kier molecular flexibility index (Phi) is 19.0. The quantitative estimate of drug-likeness (QED) is 0.241. The summed E-state index contributed by atoms with van der Waals surface area (Å²) >= 11 is 0. The van der Waals surface area contributed by atoms with Crippen molar-refractivity contribution in [2.75, 3.05) is 19.7 Å². The summed E-state index contributed by atoms with van der Waals surface area (Å²) < 4.78 is 5.48. The molecule has 0 saturated carbocycles. The van der Waals surface area contributed by atoms with Crippen LogP contribution in [0.15, 0.2) is 0 Å². The minimum atomic E-state index is -0.0850. The van der Waals surface area contributed by atoms with Crippen molar-refractivity contribution in [3.05, 3.63) is 0 Å². The van der Waals surface area contributed by atoms with Crippen LogP contribution in [0.1, 0.15) is 117 Å². The van der Waals surface area contributed by atoms with E-state index in [0.717, 1.165) is 45.2 Å². The molecule has 0 aliphatic carbocycles. The van der Waals surface area contributed by atoms with E-state index in [4.69, 9.17) is 4.74 Å². The van der Waals surface area contributed by atoms with Crippen molar-refractivity contribution in [3.63, 3.8) is 0 Å². The summed E-state index contributed by atoms with van der Waals surface area (Å²) in [7, 11) is 0. The van der Waals surface area contributed by atoms with Gasteiger partial charge in [0.15, 0.2) is 0 Å². The van der Waals surface area contributed by atoms with Crippen LogP contribution in [-0.4, -0.2) is 30.7 Å². The highest BCUT2D eigenvalue weighted by Crippen LogP contribution is 2.10. The lowest BCUT2D eigenvalue weighted by molar-refractivity contribution is 0.0991. The molecule has 0 aromatic rings. The molecule has 3 heteroatoms. The second-order valence-corrected chi connectivity index (χ2v) is 7.34. The van der Waals surface area contributed by atoms with Gasteiger partial charge in [0.25, 0.3) is 0 Å². The summed E-state index contributed by atoms with van der Waals surface area (Å²) in [6.07, 6.45) is 18.4. The largest absolute Gasteiger partial charge is 0.449 e. The van der Waals surface area contributed by atoms with Gasteiger partial charge < -0.3 is 9.64 Å². The molecule has 0 aromatic heterocycles. The molecule has 0 spiro atoms. The van der Waals surface area contributed by atoms with Crippen LogP contribution in [0, 0.1) is 0 Å². The lowest BCUT2D eigenvalue weighted by Crippen LogP contribution is -2.33. The lowest BCUT2D eigenvalue weighted by atomic mass is 10.1. The number of hydrogen-bond donors (Lipinski definition) is 0. The fraction of sp³-hybridized carbons (Fsp3) is 0.955. The number of amides is 1. The first-order valence-corrected chi connectivity index (χ1v) is 11.2. The third-order valence-electron chi connectivity index (χ3n) is 4.79. The Morgan fingerprint density at radius 2 is 1.00 bits per heavy atom. The summed E-state index contributed by atoms with van der Waals surface area (Å²) in [4.78, 5) is 14.3. The van der Waals surface area contributed by atoms with Crippen molar-refractivity contribution < 1.29 is 9.53 Å². The Labute approximate surface area is 157 Å². The van der Waals surface area contributed by atoms with Crippen LogP contribution in [0.4, 0.5) is 4.79 Å². The molecule has 0 aliphatic rings. The maximum absolute atomic E-state index is 12.3. The SMILES string of the molecule is CCCCCCCCN(CCCCCCCC)C(=O)OCCCCC. The summed E-state index contributed by atoms with van der Waals surface area (Å²) in [5.41, 5.74) is 0. The average molecular weight is 356 g/mol. The van der Waals surface area contributed by atoms with Gasteiger partial charge >= 0.3 is 6.09 Å². The van der Waals surface area contributed by atoms with E-state index in [-0.39, 0.29) is 6.09 Å². The third kappa shape index (κ3) is 16.5. The maximum Gasteiger partial charge on any atom is 0.409 e. The van der Waals surface area contributed by atoms with Gasteiger partial charge in [-0.25, -0.2) is 4.79 Å². The van der Waals surface area contributed by atoms with E-state index in [1.165, 1.54) is 64.2 Å². The molecule has 0 radical (unpaired) electrons. The topological polar surface area (TPSA) is 29.5 Å². The minimum absolute atomic E-state index is 0.0850. The van der Waals surface area contributed by atoms with Crippen LogP contribution < -0.4 is 0 Å². The van der Waals surface area contributed by atoms with Gasteiger partial charge in [0, 0.05) is 13.1 Å². The zero-order valence-electron chi connectivity index (χ0n) is 17.5. The standard InChI is InChI=1S/C22H45NO2/c1-4-7-10-12-14-16-19-23(20-17-15-13-11-8-5-2)22(24)25-21-18-9-6-3/h4-21H2,1-3H3. The van der Waals surface area contributed by atoms with E-state index < -0.39 is 0 Å². The first-order chi connectivity index (χ1) is 12.3. The molecule has 0 atom stereocenters. The molecule has 0 bridgehead atoms. The fourth-order valence-corrected chi connectivity index (χ4v) is 3.06. The molecule has 150 valence electrons. The van der Waals surface area contributed by atoms with Crippen molar-refractivity contribution in [2.24, 2.45) is 0 Å². The Morgan fingerprint density at radius 1 is 0.600 bits per heavy atom. The summed E-state index contributed by atoms with van der Waals surface area (Å²) in [5, 5.41) is 0. The fourth-order valence-electron chi connectivity index (χ4n) is 3.06. The molecule has 0 unspecified atom stereocenters. The summed E-state index contributed by atoms with van der Waals surface area (Å²) in [6, 6.07) is 0. The zero-order chi connectivity index (χ0) is 18.6. The lowest BCUT2D eigenvalue weighted by Gasteiger charge is -2.22. The molecule has 0 rings (SSSR count). The van der Waals surface area contributed by atoms with Gasteiger partial charge in [-0.3, -0.25) is 0 Å².